The van der Waals surface area contributed by atoms with Crippen molar-refractivity contribution < 1.29 is 0 Å². The lowest BCUT2D eigenvalue weighted by atomic mass is 10.0. The molecule has 1 saturated heterocycles. The van der Waals surface area contributed by atoms with Crippen LogP contribution in [0.1, 0.15) is 33.1 Å². The van der Waals surface area contributed by atoms with E-state index in [0.717, 1.165) is 12.1 Å². The molecule has 2 atom stereocenters. The van der Waals surface area contributed by atoms with E-state index in [2.05, 4.69) is 19.2 Å². The number of hydrogen-bond donors (Lipinski definition) is 1. The fourth-order valence-corrected chi connectivity index (χ4v) is 1.38. The molecule has 8 heavy (non-hydrogen) atoms. The zero-order valence-corrected chi connectivity index (χ0v) is 5.78. The summed E-state index contributed by atoms with van der Waals surface area (Å²) in [6.07, 6.45) is 4.14. The molecule has 0 radical (unpaired) electrons. The molecule has 0 aromatic rings. The Kier molecular flexibility index (Phi) is 1.90. The van der Waals surface area contributed by atoms with E-state index in [-0.39, 0.29) is 0 Å². The van der Waals surface area contributed by atoms with E-state index in [4.69, 9.17) is 0 Å². The van der Waals surface area contributed by atoms with Gasteiger partial charge < -0.3 is 5.32 Å². The number of piperidine rings is 1. The van der Waals surface area contributed by atoms with Crippen molar-refractivity contribution in [3.63, 3.8) is 0 Å². The molecule has 0 spiro atoms. The van der Waals surface area contributed by atoms with Gasteiger partial charge >= 0.3 is 0 Å². The molecule has 1 aliphatic heterocycles. The Morgan fingerprint density at radius 3 is 1.88 bits per heavy atom. The maximum Gasteiger partial charge on any atom is 0.00412 e. The van der Waals surface area contributed by atoms with Crippen LogP contribution in [0.4, 0.5) is 0 Å². The van der Waals surface area contributed by atoms with Crippen molar-refractivity contribution >= 4 is 0 Å². The normalized spacial score (nSPS) is 39.8. The van der Waals surface area contributed by atoms with E-state index < -0.39 is 0 Å². The first-order valence-corrected chi connectivity index (χ1v) is 3.55. The van der Waals surface area contributed by atoms with Gasteiger partial charge in [0.25, 0.3) is 0 Å². The fourth-order valence-electron chi connectivity index (χ4n) is 1.38. The SMILES string of the molecule is CC1CCC[C@@H](C)N1. The average molecular weight is 113 g/mol. The van der Waals surface area contributed by atoms with Crippen molar-refractivity contribution in [2.24, 2.45) is 0 Å². The largest absolute Gasteiger partial charge is 0.312 e. The first-order valence-electron chi connectivity index (χ1n) is 3.55. The summed E-state index contributed by atoms with van der Waals surface area (Å²) in [5.74, 6) is 0. The first kappa shape index (κ1) is 6.09. The van der Waals surface area contributed by atoms with Crippen LogP contribution in [0.5, 0.6) is 0 Å². The molecule has 0 aromatic carbocycles. The van der Waals surface area contributed by atoms with Gasteiger partial charge in [0.1, 0.15) is 0 Å². The summed E-state index contributed by atoms with van der Waals surface area (Å²) in [7, 11) is 0. The molecule has 1 N–H and O–H groups in total. The summed E-state index contributed by atoms with van der Waals surface area (Å²) in [4.78, 5) is 0. The maximum atomic E-state index is 3.48. The molecule has 48 valence electrons. The predicted molar refractivity (Wildman–Crippen MR) is 35.9 cm³/mol. The molecule has 0 aromatic heterocycles. The Morgan fingerprint density at radius 1 is 1.12 bits per heavy atom. The maximum absolute atomic E-state index is 3.48. The van der Waals surface area contributed by atoms with Crippen LogP contribution in [-0.4, -0.2) is 12.1 Å². The Labute approximate surface area is 51.5 Å². The Balaban J connectivity index is 2.23. The van der Waals surface area contributed by atoms with E-state index in [0.29, 0.717) is 0 Å². The molecule has 1 fully saturated rings. The molecular weight excluding hydrogens is 98.1 g/mol. The minimum atomic E-state index is 0.763. The van der Waals surface area contributed by atoms with Crippen LogP contribution in [0.25, 0.3) is 0 Å². The van der Waals surface area contributed by atoms with E-state index in [1.807, 2.05) is 0 Å². The molecule has 0 amide bonds. The third-order valence-electron chi connectivity index (χ3n) is 1.84. The summed E-state index contributed by atoms with van der Waals surface area (Å²) < 4.78 is 0. The molecule has 1 aliphatic rings. The van der Waals surface area contributed by atoms with E-state index >= 15 is 0 Å². The minimum absolute atomic E-state index is 0.763. The summed E-state index contributed by atoms with van der Waals surface area (Å²) in [6.45, 7) is 4.52. The van der Waals surface area contributed by atoms with Crippen molar-refractivity contribution in [3.8, 4) is 0 Å². The Hall–Kier alpha value is -0.0400. The van der Waals surface area contributed by atoms with Crippen molar-refractivity contribution in [2.45, 2.75) is 45.2 Å². The fraction of sp³-hybridized carbons (Fsp3) is 1.00. The van der Waals surface area contributed by atoms with Crippen LogP contribution in [-0.2, 0) is 0 Å². The minimum Gasteiger partial charge on any atom is -0.312 e. The standard InChI is InChI=1S/C7H15N/c1-6-4-3-5-7(2)8-6/h6-8H,3-5H2,1-2H3/t6-,7?/m1/s1. The molecule has 0 bridgehead atoms. The molecule has 1 nitrogen and oxygen atoms in total. The van der Waals surface area contributed by atoms with Crippen LogP contribution in [0, 0.1) is 0 Å². The predicted octanol–water partition coefficient (Wildman–Crippen LogP) is 1.54. The van der Waals surface area contributed by atoms with E-state index in [1.54, 1.807) is 0 Å². The molecule has 1 heteroatoms. The lowest BCUT2D eigenvalue weighted by molar-refractivity contribution is 0.352. The van der Waals surface area contributed by atoms with Crippen molar-refractivity contribution in [2.75, 3.05) is 0 Å². The summed E-state index contributed by atoms with van der Waals surface area (Å²) in [5, 5.41) is 3.48. The Morgan fingerprint density at radius 2 is 1.62 bits per heavy atom. The lowest BCUT2D eigenvalue weighted by Crippen LogP contribution is -2.38. The highest BCUT2D eigenvalue weighted by Crippen LogP contribution is 2.10. The van der Waals surface area contributed by atoms with Gasteiger partial charge in [-0.25, -0.2) is 0 Å². The van der Waals surface area contributed by atoms with E-state index in [1.165, 1.54) is 19.3 Å². The molecule has 1 unspecified atom stereocenters. The summed E-state index contributed by atoms with van der Waals surface area (Å²) in [5.41, 5.74) is 0. The van der Waals surface area contributed by atoms with Crippen LogP contribution < -0.4 is 5.32 Å². The second kappa shape index (κ2) is 2.49. The van der Waals surface area contributed by atoms with Gasteiger partial charge in [-0.2, -0.15) is 0 Å². The second-order valence-electron chi connectivity index (χ2n) is 2.90. The zero-order valence-electron chi connectivity index (χ0n) is 5.78. The molecule has 0 saturated carbocycles. The highest BCUT2D eigenvalue weighted by Gasteiger charge is 2.11. The molecule has 1 heterocycles. The highest BCUT2D eigenvalue weighted by molar-refractivity contribution is 4.73. The van der Waals surface area contributed by atoms with Gasteiger partial charge in [-0.1, -0.05) is 6.42 Å². The van der Waals surface area contributed by atoms with Gasteiger partial charge in [0.05, 0.1) is 0 Å². The third-order valence-corrected chi connectivity index (χ3v) is 1.84. The topological polar surface area (TPSA) is 12.0 Å². The van der Waals surface area contributed by atoms with Crippen LogP contribution in [0.2, 0.25) is 0 Å². The number of hydrogen-bond acceptors (Lipinski definition) is 1. The van der Waals surface area contributed by atoms with Gasteiger partial charge in [-0.15, -0.1) is 0 Å². The molecule has 1 rings (SSSR count). The van der Waals surface area contributed by atoms with Crippen molar-refractivity contribution in [1.29, 1.82) is 0 Å². The van der Waals surface area contributed by atoms with Gasteiger partial charge in [-0.3, -0.25) is 0 Å². The number of rotatable bonds is 0. The van der Waals surface area contributed by atoms with E-state index in [9.17, 15) is 0 Å². The van der Waals surface area contributed by atoms with Gasteiger partial charge in [0, 0.05) is 12.1 Å². The summed E-state index contributed by atoms with van der Waals surface area (Å²) in [6, 6.07) is 1.53. The number of nitrogens with one attached hydrogen (secondary N) is 1. The van der Waals surface area contributed by atoms with Crippen LogP contribution in [0.15, 0.2) is 0 Å². The lowest BCUT2D eigenvalue weighted by Gasteiger charge is -2.25. The van der Waals surface area contributed by atoms with Crippen molar-refractivity contribution in [3.05, 3.63) is 0 Å². The quantitative estimate of drug-likeness (QED) is 0.502. The molecular formula is C7H15N. The summed E-state index contributed by atoms with van der Waals surface area (Å²) >= 11 is 0. The van der Waals surface area contributed by atoms with Gasteiger partial charge in [0.15, 0.2) is 0 Å². The van der Waals surface area contributed by atoms with Crippen LogP contribution in [0.3, 0.4) is 0 Å². The average Bonchev–Trinajstić information content (AvgIpc) is 1.64. The first-order chi connectivity index (χ1) is 3.79. The zero-order chi connectivity index (χ0) is 5.98. The second-order valence-corrected chi connectivity index (χ2v) is 2.90. The highest BCUT2D eigenvalue weighted by atomic mass is 14.9. The molecule has 0 aliphatic carbocycles. The smallest absolute Gasteiger partial charge is 0.00412 e. The van der Waals surface area contributed by atoms with Crippen molar-refractivity contribution in [1.82, 2.24) is 5.32 Å². The Bertz CT molecular complexity index is 62.8. The third kappa shape index (κ3) is 1.48. The monoisotopic (exact) mass is 113 g/mol. The van der Waals surface area contributed by atoms with Gasteiger partial charge in [0.2, 0.25) is 0 Å². The van der Waals surface area contributed by atoms with Gasteiger partial charge in [-0.05, 0) is 26.7 Å². The van der Waals surface area contributed by atoms with Crippen LogP contribution >= 0.6 is 0 Å².